The Hall–Kier alpha value is -1.49. The van der Waals surface area contributed by atoms with Gasteiger partial charge in [0, 0.05) is 5.75 Å². The van der Waals surface area contributed by atoms with E-state index in [4.69, 9.17) is 5.11 Å². The first kappa shape index (κ1) is 15.9. The van der Waals surface area contributed by atoms with Crippen molar-refractivity contribution >= 4 is 23.6 Å². The maximum absolute atomic E-state index is 12.2. The van der Waals surface area contributed by atoms with Gasteiger partial charge in [-0.2, -0.15) is 0 Å². The van der Waals surface area contributed by atoms with Crippen LogP contribution in [0.4, 0.5) is 0 Å². The van der Waals surface area contributed by atoms with Gasteiger partial charge in [0.25, 0.3) is 0 Å². The van der Waals surface area contributed by atoms with E-state index in [0.29, 0.717) is 11.6 Å². The molecule has 0 radical (unpaired) electrons. The van der Waals surface area contributed by atoms with Gasteiger partial charge in [0.2, 0.25) is 5.91 Å². The molecule has 1 atom stereocenters. The van der Waals surface area contributed by atoms with Gasteiger partial charge < -0.3 is 10.0 Å². The average molecular weight is 307 g/mol. The second-order valence-corrected chi connectivity index (χ2v) is 6.31. The molecule has 1 fully saturated rings. The molecule has 4 nitrogen and oxygen atoms in total. The van der Waals surface area contributed by atoms with Crippen LogP contribution in [0.5, 0.6) is 0 Å². The van der Waals surface area contributed by atoms with Gasteiger partial charge in [-0.1, -0.05) is 37.6 Å². The second-order valence-electron chi connectivity index (χ2n) is 5.31. The Balaban J connectivity index is 1.94. The van der Waals surface area contributed by atoms with Crippen LogP contribution in [0, 0.1) is 0 Å². The van der Waals surface area contributed by atoms with E-state index in [9.17, 15) is 9.59 Å². The first-order valence-electron chi connectivity index (χ1n) is 7.29. The van der Waals surface area contributed by atoms with Crippen molar-refractivity contribution in [2.45, 2.75) is 38.6 Å². The Kier molecular flexibility index (Phi) is 5.67. The Morgan fingerprint density at radius 2 is 1.95 bits per heavy atom. The lowest BCUT2D eigenvalue weighted by Gasteiger charge is -2.20. The van der Waals surface area contributed by atoms with Gasteiger partial charge in [-0.25, -0.2) is 4.79 Å². The zero-order valence-electron chi connectivity index (χ0n) is 12.2. The third kappa shape index (κ3) is 4.24. The minimum absolute atomic E-state index is 0.103. The molecule has 0 aromatic heterocycles. The van der Waals surface area contributed by atoms with Crippen LogP contribution in [0.2, 0.25) is 0 Å². The summed E-state index contributed by atoms with van der Waals surface area (Å²) in [6.07, 6.45) is 3.68. The highest BCUT2D eigenvalue weighted by molar-refractivity contribution is 7.99. The number of carbonyl (C=O) groups is 2. The third-order valence-electron chi connectivity index (χ3n) is 3.69. The van der Waals surface area contributed by atoms with Crippen molar-refractivity contribution < 1.29 is 14.7 Å². The molecule has 1 unspecified atom stereocenters. The number of rotatable bonds is 6. The Labute approximate surface area is 129 Å². The standard InChI is InChI=1S/C16H21NO3S/c1-2-3-4-12-5-7-13(8-6-12)9-15(18)17-11-21-10-14(17)16(19)20/h5-8,14H,2-4,9-11H2,1H3,(H,19,20). The predicted molar refractivity (Wildman–Crippen MR) is 84.4 cm³/mol. The molecule has 1 amide bonds. The molecule has 21 heavy (non-hydrogen) atoms. The molecule has 1 saturated heterocycles. The molecule has 1 heterocycles. The maximum atomic E-state index is 12.2. The SMILES string of the molecule is CCCCc1ccc(CC(=O)N2CSCC2C(=O)O)cc1. The fourth-order valence-electron chi connectivity index (χ4n) is 2.37. The number of nitrogens with zero attached hydrogens (tertiary/aromatic N) is 1. The zero-order chi connectivity index (χ0) is 15.2. The first-order valence-corrected chi connectivity index (χ1v) is 8.45. The van der Waals surface area contributed by atoms with Crippen molar-refractivity contribution in [1.82, 2.24) is 4.90 Å². The van der Waals surface area contributed by atoms with Gasteiger partial charge in [0.1, 0.15) is 6.04 Å². The summed E-state index contributed by atoms with van der Waals surface area (Å²) in [6, 6.07) is 7.40. The van der Waals surface area contributed by atoms with E-state index in [-0.39, 0.29) is 12.3 Å². The second kappa shape index (κ2) is 7.50. The fourth-order valence-corrected chi connectivity index (χ4v) is 3.55. The van der Waals surface area contributed by atoms with E-state index in [0.717, 1.165) is 12.0 Å². The van der Waals surface area contributed by atoms with Gasteiger partial charge in [-0.15, -0.1) is 11.8 Å². The minimum Gasteiger partial charge on any atom is -0.480 e. The van der Waals surface area contributed by atoms with E-state index >= 15 is 0 Å². The van der Waals surface area contributed by atoms with Crippen molar-refractivity contribution in [3.63, 3.8) is 0 Å². The average Bonchev–Trinajstić information content (AvgIpc) is 2.96. The molecular formula is C16H21NO3S. The van der Waals surface area contributed by atoms with Crippen LogP contribution in [0.15, 0.2) is 24.3 Å². The number of carboxylic acids is 1. The van der Waals surface area contributed by atoms with Crippen LogP contribution in [-0.2, 0) is 22.4 Å². The van der Waals surface area contributed by atoms with Gasteiger partial charge in [0.15, 0.2) is 0 Å². The molecule has 0 saturated carbocycles. The smallest absolute Gasteiger partial charge is 0.327 e. The van der Waals surface area contributed by atoms with E-state index in [1.807, 2.05) is 12.1 Å². The summed E-state index contributed by atoms with van der Waals surface area (Å²) in [7, 11) is 0. The summed E-state index contributed by atoms with van der Waals surface area (Å²) in [4.78, 5) is 24.8. The summed E-state index contributed by atoms with van der Waals surface area (Å²) in [5, 5.41) is 9.11. The Bertz CT molecular complexity index is 501. The van der Waals surface area contributed by atoms with E-state index in [1.165, 1.54) is 35.1 Å². The number of carboxylic acid groups (broad SMARTS) is 1. The molecule has 1 N–H and O–H groups in total. The Morgan fingerprint density at radius 3 is 2.57 bits per heavy atom. The largest absolute Gasteiger partial charge is 0.480 e. The highest BCUT2D eigenvalue weighted by Crippen LogP contribution is 2.22. The van der Waals surface area contributed by atoms with Crippen molar-refractivity contribution in [2.24, 2.45) is 0 Å². The third-order valence-corrected chi connectivity index (χ3v) is 4.70. The van der Waals surface area contributed by atoms with E-state index in [2.05, 4.69) is 19.1 Å². The normalized spacial score (nSPS) is 18.0. The number of unbranched alkanes of at least 4 members (excludes halogenated alkanes) is 1. The molecule has 1 aromatic carbocycles. The molecule has 1 aliphatic rings. The van der Waals surface area contributed by atoms with Crippen LogP contribution in [-0.4, -0.2) is 39.6 Å². The van der Waals surface area contributed by atoms with Crippen LogP contribution in [0.25, 0.3) is 0 Å². The Morgan fingerprint density at radius 1 is 1.29 bits per heavy atom. The number of hydrogen-bond acceptors (Lipinski definition) is 3. The molecule has 1 aliphatic heterocycles. The molecule has 0 aliphatic carbocycles. The van der Waals surface area contributed by atoms with Gasteiger partial charge in [-0.3, -0.25) is 4.79 Å². The van der Waals surface area contributed by atoms with Crippen LogP contribution in [0.1, 0.15) is 30.9 Å². The number of amides is 1. The van der Waals surface area contributed by atoms with Crippen LogP contribution >= 0.6 is 11.8 Å². The summed E-state index contributed by atoms with van der Waals surface area (Å²) >= 11 is 1.49. The van der Waals surface area contributed by atoms with Gasteiger partial charge in [-0.05, 0) is 24.0 Å². The molecule has 114 valence electrons. The molecule has 0 spiro atoms. The highest BCUT2D eigenvalue weighted by Gasteiger charge is 2.34. The molecule has 2 rings (SSSR count). The maximum Gasteiger partial charge on any atom is 0.327 e. The summed E-state index contributed by atoms with van der Waals surface area (Å²) in [6.45, 7) is 2.17. The summed E-state index contributed by atoms with van der Waals surface area (Å²) < 4.78 is 0. The molecule has 1 aromatic rings. The highest BCUT2D eigenvalue weighted by atomic mass is 32.2. The number of aliphatic carboxylic acids is 1. The quantitative estimate of drug-likeness (QED) is 0.877. The summed E-state index contributed by atoms with van der Waals surface area (Å²) in [5.74, 6) is -0.0570. The van der Waals surface area contributed by atoms with E-state index < -0.39 is 12.0 Å². The lowest BCUT2D eigenvalue weighted by molar-refractivity contribution is -0.147. The minimum atomic E-state index is -0.914. The van der Waals surface area contributed by atoms with Crippen molar-refractivity contribution in [1.29, 1.82) is 0 Å². The van der Waals surface area contributed by atoms with Crippen molar-refractivity contribution in [3.8, 4) is 0 Å². The topological polar surface area (TPSA) is 57.6 Å². The first-order chi connectivity index (χ1) is 10.1. The lowest BCUT2D eigenvalue weighted by atomic mass is 10.0. The monoisotopic (exact) mass is 307 g/mol. The molecular weight excluding hydrogens is 286 g/mol. The van der Waals surface area contributed by atoms with Gasteiger partial charge >= 0.3 is 5.97 Å². The number of carbonyl (C=O) groups excluding carboxylic acids is 1. The fraction of sp³-hybridized carbons (Fsp3) is 0.500. The molecule has 0 bridgehead atoms. The van der Waals surface area contributed by atoms with Crippen LogP contribution < -0.4 is 0 Å². The number of hydrogen-bond donors (Lipinski definition) is 1. The van der Waals surface area contributed by atoms with E-state index in [1.54, 1.807) is 0 Å². The number of thioether (sulfide) groups is 1. The number of benzene rings is 1. The number of aryl methyl sites for hydroxylation is 1. The predicted octanol–water partition coefficient (Wildman–Crippen LogP) is 2.56. The van der Waals surface area contributed by atoms with Crippen molar-refractivity contribution in [2.75, 3.05) is 11.6 Å². The van der Waals surface area contributed by atoms with Crippen LogP contribution in [0.3, 0.4) is 0 Å². The zero-order valence-corrected chi connectivity index (χ0v) is 13.1. The van der Waals surface area contributed by atoms with Gasteiger partial charge in [0.05, 0.1) is 12.3 Å². The summed E-state index contributed by atoms with van der Waals surface area (Å²) in [5.41, 5.74) is 2.23. The molecule has 5 heteroatoms. The van der Waals surface area contributed by atoms with Crippen molar-refractivity contribution in [3.05, 3.63) is 35.4 Å². The lowest BCUT2D eigenvalue weighted by Crippen LogP contribution is -2.42.